The van der Waals surface area contributed by atoms with E-state index in [0.717, 1.165) is 5.56 Å². The Morgan fingerprint density at radius 1 is 1.21 bits per heavy atom. The molecule has 0 fully saturated rings. The van der Waals surface area contributed by atoms with E-state index in [1.54, 1.807) is 6.92 Å². The van der Waals surface area contributed by atoms with Crippen molar-refractivity contribution in [2.75, 3.05) is 0 Å². The van der Waals surface area contributed by atoms with Crippen LogP contribution in [0.4, 0.5) is 0 Å². The molecule has 3 heteroatoms. The Balaban J connectivity index is 2.40. The van der Waals surface area contributed by atoms with E-state index in [1.807, 2.05) is 35.7 Å². The molecule has 14 heavy (non-hydrogen) atoms. The lowest BCUT2D eigenvalue weighted by atomic mass is 10.1. The molecule has 0 aromatic heterocycles. The highest BCUT2D eigenvalue weighted by Gasteiger charge is 2.30. The largest absolute Gasteiger partial charge is 0.295 e. The molecule has 0 saturated carbocycles. The molecule has 1 heterocycles. The minimum atomic E-state index is 0.142. The fraction of sp³-hybridized carbons (Fsp3) is 0.364. The number of benzene rings is 1. The lowest BCUT2D eigenvalue weighted by Gasteiger charge is -2.12. The molecule has 1 aliphatic rings. The topological polar surface area (TPSA) is 17.1 Å². The minimum absolute atomic E-state index is 0.142. The molecule has 0 saturated heterocycles. The van der Waals surface area contributed by atoms with Crippen LogP contribution in [-0.2, 0) is 0 Å². The molecule has 1 aliphatic heterocycles. The Kier molecular flexibility index (Phi) is 2.40. The van der Waals surface area contributed by atoms with E-state index < -0.39 is 0 Å². The van der Waals surface area contributed by atoms with Crippen LogP contribution in [-0.4, -0.2) is 9.86 Å². The van der Waals surface area contributed by atoms with Crippen molar-refractivity contribution < 1.29 is 4.79 Å². The van der Waals surface area contributed by atoms with Crippen LogP contribution in [0.25, 0.3) is 0 Å². The summed E-state index contributed by atoms with van der Waals surface area (Å²) >= 11 is 3.70. The van der Waals surface area contributed by atoms with Gasteiger partial charge in [0.15, 0.2) is 5.78 Å². The predicted octanol–water partition coefficient (Wildman–Crippen LogP) is 3.82. The normalized spacial score (nSPS) is 17.9. The van der Waals surface area contributed by atoms with Gasteiger partial charge in [-0.25, -0.2) is 0 Å². The molecule has 0 unspecified atom stereocenters. The molecule has 0 spiro atoms. The maximum absolute atomic E-state index is 11.2. The van der Waals surface area contributed by atoms with E-state index in [2.05, 4.69) is 19.9 Å². The monoisotopic (exact) mass is 224 g/mol. The number of Topliss-reactive ketones (excluding diaryl/α,β-unsaturated/α-hetero) is 1. The summed E-state index contributed by atoms with van der Waals surface area (Å²) in [5.74, 6) is 0.142. The third kappa shape index (κ3) is 1.84. The van der Waals surface area contributed by atoms with Crippen LogP contribution in [0.3, 0.4) is 0 Å². The Bertz CT molecular complexity index is 396. The molecule has 2 rings (SSSR count). The van der Waals surface area contributed by atoms with Crippen molar-refractivity contribution in [1.29, 1.82) is 0 Å². The molecule has 0 amide bonds. The second-order valence-corrected chi connectivity index (χ2v) is 7.41. The predicted molar refractivity (Wildman–Crippen MR) is 62.2 cm³/mol. The zero-order valence-corrected chi connectivity index (χ0v) is 10.1. The molecule has 1 aromatic carbocycles. The third-order valence-electron chi connectivity index (χ3n) is 2.06. The van der Waals surface area contributed by atoms with Gasteiger partial charge in [-0.15, -0.1) is 23.5 Å². The van der Waals surface area contributed by atoms with Crippen molar-refractivity contribution in [2.45, 2.75) is 34.6 Å². The van der Waals surface area contributed by atoms with Crippen LogP contribution in [0.5, 0.6) is 0 Å². The summed E-state index contributed by atoms with van der Waals surface area (Å²) in [6.45, 7) is 6.02. The smallest absolute Gasteiger partial charge is 0.159 e. The quantitative estimate of drug-likeness (QED) is 0.675. The van der Waals surface area contributed by atoms with Gasteiger partial charge >= 0.3 is 0 Å². The lowest BCUT2D eigenvalue weighted by molar-refractivity contribution is 0.101. The fourth-order valence-electron chi connectivity index (χ4n) is 1.44. The Morgan fingerprint density at radius 3 is 2.50 bits per heavy atom. The minimum Gasteiger partial charge on any atom is -0.295 e. The maximum Gasteiger partial charge on any atom is 0.159 e. The first-order valence-electron chi connectivity index (χ1n) is 4.51. The summed E-state index contributed by atoms with van der Waals surface area (Å²) in [5.41, 5.74) is 0.814. The van der Waals surface area contributed by atoms with E-state index in [1.165, 1.54) is 9.79 Å². The first-order valence-corrected chi connectivity index (χ1v) is 6.14. The van der Waals surface area contributed by atoms with Gasteiger partial charge in [-0.3, -0.25) is 4.79 Å². The Morgan fingerprint density at radius 2 is 1.86 bits per heavy atom. The SMILES string of the molecule is CC(=O)c1ccc2c(c1)SC(C)(C)S2. The van der Waals surface area contributed by atoms with Gasteiger partial charge in [-0.1, -0.05) is 6.07 Å². The Labute approximate surface area is 92.7 Å². The fourth-order valence-corrected chi connectivity index (χ4v) is 4.11. The summed E-state index contributed by atoms with van der Waals surface area (Å²) < 4.78 is 0.206. The molecule has 1 nitrogen and oxygen atoms in total. The average Bonchev–Trinajstić information content (AvgIpc) is 2.36. The van der Waals surface area contributed by atoms with Crippen molar-refractivity contribution in [3.8, 4) is 0 Å². The van der Waals surface area contributed by atoms with Crippen molar-refractivity contribution in [3.63, 3.8) is 0 Å². The maximum atomic E-state index is 11.2. The van der Waals surface area contributed by atoms with Crippen LogP contribution >= 0.6 is 23.5 Å². The van der Waals surface area contributed by atoms with E-state index in [0.29, 0.717) is 0 Å². The van der Waals surface area contributed by atoms with Crippen LogP contribution < -0.4 is 0 Å². The van der Waals surface area contributed by atoms with Crippen LogP contribution in [0, 0.1) is 0 Å². The van der Waals surface area contributed by atoms with Gasteiger partial charge in [0.25, 0.3) is 0 Å². The number of rotatable bonds is 1. The van der Waals surface area contributed by atoms with Gasteiger partial charge in [-0.05, 0) is 32.9 Å². The number of carbonyl (C=O) groups excluding carboxylic acids is 1. The molecule has 74 valence electrons. The van der Waals surface area contributed by atoms with Gasteiger partial charge in [0, 0.05) is 15.4 Å². The van der Waals surface area contributed by atoms with Crippen LogP contribution in [0.2, 0.25) is 0 Å². The molecule has 1 aromatic rings. The average molecular weight is 224 g/mol. The molecule has 0 N–H and O–H groups in total. The molecule has 0 radical (unpaired) electrons. The molecule has 0 atom stereocenters. The Hall–Kier alpha value is -0.410. The van der Waals surface area contributed by atoms with Gasteiger partial charge < -0.3 is 0 Å². The summed E-state index contributed by atoms with van der Waals surface area (Å²) in [6, 6.07) is 5.97. The molecular formula is C11H12OS2. The van der Waals surface area contributed by atoms with Crippen molar-refractivity contribution in [1.82, 2.24) is 0 Å². The van der Waals surface area contributed by atoms with Gasteiger partial charge in [0.1, 0.15) is 0 Å². The summed E-state index contributed by atoms with van der Waals surface area (Å²) in [4.78, 5) is 13.7. The second kappa shape index (κ2) is 3.31. The first kappa shape index (κ1) is 10.1. The highest BCUT2D eigenvalue weighted by Crippen LogP contribution is 2.55. The third-order valence-corrected chi connectivity index (χ3v) is 4.81. The highest BCUT2D eigenvalue weighted by molar-refractivity contribution is 8.20. The number of thioether (sulfide) groups is 2. The zero-order valence-electron chi connectivity index (χ0n) is 8.46. The van der Waals surface area contributed by atoms with Crippen molar-refractivity contribution in [3.05, 3.63) is 23.8 Å². The van der Waals surface area contributed by atoms with Gasteiger partial charge in [0.2, 0.25) is 0 Å². The van der Waals surface area contributed by atoms with E-state index >= 15 is 0 Å². The summed E-state index contributed by atoms with van der Waals surface area (Å²) in [5, 5.41) is 0. The molecule has 0 aliphatic carbocycles. The number of hydrogen-bond acceptors (Lipinski definition) is 3. The number of carbonyl (C=O) groups is 1. The summed E-state index contributed by atoms with van der Waals surface area (Å²) in [6.07, 6.45) is 0. The number of ketones is 1. The van der Waals surface area contributed by atoms with Crippen molar-refractivity contribution in [2.24, 2.45) is 0 Å². The van der Waals surface area contributed by atoms with E-state index in [9.17, 15) is 4.79 Å². The van der Waals surface area contributed by atoms with Crippen molar-refractivity contribution >= 4 is 29.3 Å². The second-order valence-electron chi connectivity index (χ2n) is 3.82. The van der Waals surface area contributed by atoms with Gasteiger partial charge in [-0.2, -0.15) is 0 Å². The van der Waals surface area contributed by atoms with Crippen LogP contribution in [0.1, 0.15) is 31.1 Å². The lowest BCUT2D eigenvalue weighted by Crippen LogP contribution is -2.01. The number of fused-ring (bicyclic) bond motifs is 1. The highest BCUT2D eigenvalue weighted by atomic mass is 32.2. The molecular weight excluding hydrogens is 212 g/mol. The summed E-state index contributed by atoms with van der Waals surface area (Å²) in [7, 11) is 0. The van der Waals surface area contributed by atoms with Gasteiger partial charge in [0.05, 0.1) is 4.08 Å². The molecule has 0 bridgehead atoms. The van der Waals surface area contributed by atoms with E-state index in [-0.39, 0.29) is 9.86 Å². The zero-order chi connectivity index (χ0) is 10.3. The standard InChI is InChI=1S/C11H12OS2/c1-7(12)8-4-5-9-10(6-8)14-11(2,3)13-9/h4-6H,1-3H3. The van der Waals surface area contributed by atoms with E-state index in [4.69, 9.17) is 0 Å². The van der Waals surface area contributed by atoms with Crippen LogP contribution in [0.15, 0.2) is 28.0 Å². The number of hydrogen-bond donors (Lipinski definition) is 0. The first-order chi connectivity index (χ1) is 6.48.